The Hall–Kier alpha value is -2.50. The number of benzene rings is 1. The van der Waals surface area contributed by atoms with Gasteiger partial charge in [0.05, 0.1) is 6.04 Å². The summed E-state index contributed by atoms with van der Waals surface area (Å²) < 4.78 is 8.68. The third-order valence-corrected chi connectivity index (χ3v) is 6.29. The van der Waals surface area contributed by atoms with E-state index in [1.54, 1.807) is 0 Å². The van der Waals surface area contributed by atoms with E-state index in [1.807, 2.05) is 26.4 Å². The summed E-state index contributed by atoms with van der Waals surface area (Å²) >= 11 is 0. The van der Waals surface area contributed by atoms with E-state index in [-0.39, 0.29) is 11.6 Å². The maximum absolute atomic E-state index is 6.48. The molecule has 1 atom stereocenters. The maximum atomic E-state index is 6.48. The van der Waals surface area contributed by atoms with Crippen LogP contribution in [0.2, 0.25) is 0 Å². The Morgan fingerprint density at radius 2 is 2.10 bits per heavy atom. The third-order valence-electron chi connectivity index (χ3n) is 6.29. The molecule has 1 aliphatic carbocycles. The van der Waals surface area contributed by atoms with Crippen molar-refractivity contribution in [1.29, 1.82) is 0 Å². The number of ether oxygens (including phenoxy) is 1. The number of imidazole rings is 1. The van der Waals surface area contributed by atoms with Crippen LogP contribution in [0.15, 0.2) is 41.7 Å². The van der Waals surface area contributed by atoms with Gasteiger partial charge in [-0.05, 0) is 51.5 Å². The zero-order valence-corrected chi connectivity index (χ0v) is 17.7. The summed E-state index contributed by atoms with van der Waals surface area (Å²) in [5, 5.41) is 7.16. The molecule has 1 saturated carbocycles. The fourth-order valence-electron chi connectivity index (χ4n) is 4.69. The van der Waals surface area contributed by atoms with Crippen molar-refractivity contribution < 1.29 is 4.74 Å². The highest BCUT2D eigenvalue weighted by molar-refractivity contribution is 5.80. The molecule has 4 rings (SSSR count). The highest BCUT2D eigenvalue weighted by atomic mass is 16.5. The molecule has 6 nitrogen and oxygen atoms in total. The Labute approximate surface area is 173 Å². The summed E-state index contributed by atoms with van der Waals surface area (Å²) in [5.41, 5.74) is 1.23. The first kappa shape index (κ1) is 19.8. The van der Waals surface area contributed by atoms with E-state index in [4.69, 9.17) is 4.74 Å². The van der Waals surface area contributed by atoms with Gasteiger partial charge in [-0.2, -0.15) is 0 Å². The lowest BCUT2D eigenvalue weighted by Crippen LogP contribution is -2.46. The minimum Gasteiger partial charge on any atom is -0.487 e. The second-order valence-electron chi connectivity index (χ2n) is 8.31. The van der Waals surface area contributed by atoms with Crippen LogP contribution in [0.4, 0.5) is 0 Å². The first-order valence-electron chi connectivity index (χ1n) is 10.9. The molecule has 1 unspecified atom stereocenters. The number of hydrogen-bond donors (Lipinski definition) is 2. The predicted molar refractivity (Wildman–Crippen MR) is 116 cm³/mol. The van der Waals surface area contributed by atoms with E-state index in [9.17, 15) is 0 Å². The lowest BCUT2D eigenvalue weighted by molar-refractivity contribution is 0.0396. The highest BCUT2D eigenvalue weighted by Gasteiger charge is 2.43. The summed E-state index contributed by atoms with van der Waals surface area (Å²) in [5.74, 6) is 2.98. The lowest BCUT2D eigenvalue weighted by atomic mass is 9.86. The molecule has 0 radical (unpaired) electrons. The Kier molecular flexibility index (Phi) is 6.07. The van der Waals surface area contributed by atoms with Crippen molar-refractivity contribution >= 4 is 5.96 Å². The average molecular weight is 396 g/mol. The third kappa shape index (κ3) is 4.57. The van der Waals surface area contributed by atoms with E-state index in [1.165, 1.54) is 18.4 Å². The summed E-state index contributed by atoms with van der Waals surface area (Å²) in [7, 11) is 1.85. The van der Waals surface area contributed by atoms with Crippen molar-refractivity contribution in [2.24, 2.45) is 4.99 Å². The zero-order chi connectivity index (χ0) is 20.1. The van der Waals surface area contributed by atoms with Crippen molar-refractivity contribution in [2.75, 3.05) is 13.6 Å². The first-order chi connectivity index (χ1) is 14.2. The van der Waals surface area contributed by atoms with Crippen LogP contribution in [0, 0.1) is 6.92 Å². The molecule has 2 N–H and O–H groups in total. The number of nitrogens with zero attached hydrogens (tertiary/aromatic N) is 3. The van der Waals surface area contributed by atoms with Gasteiger partial charge in [0.1, 0.15) is 17.2 Å². The van der Waals surface area contributed by atoms with Crippen molar-refractivity contribution in [3.05, 3.63) is 48.0 Å². The molecule has 1 aromatic heterocycles. The fourth-order valence-corrected chi connectivity index (χ4v) is 4.69. The number of aromatic nitrogens is 2. The van der Waals surface area contributed by atoms with Crippen molar-refractivity contribution in [3.8, 4) is 5.75 Å². The summed E-state index contributed by atoms with van der Waals surface area (Å²) in [6.07, 6.45) is 11.9. The van der Waals surface area contributed by atoms with E-state index in [2.05, 4.69) is 49.4 Å². The Balaban J connectivity index is 1.32. The maximum Gasteiger partial charge on any atom is 0.191 e. The van der Waals surface area contributed by atoms with Gasteiger partial charge in [0.2, 0.25) is 0 Å². The zero-order valence-electron chi connectivity index (χ0n) is 17.7. The van der Waals surface area contributed by atoms with Crippen LogP contribution in [0.1, 0.15) is 62.4 Å². The van der Waals surface area contributed by atoms with E-state index < -0.39 is 0 Å². The molecular formula is C23H33N5O. The molecule has 156 valence electrons. The molecule has 0 amide bonds. The lowest BCUT2D eigenvalue weighted by Gasteiger charge is -2.40. The number of fused-ring (bicyclic) bond motifs is 1. The molecule has 6 heteroatoms. The number of aliphatic imine (C=N–C) groups is 1. The van der Waals surface area contributed by atoms with E-state index in [0.29, 0.717) is 0 Å². The fraction of sp³-hybridized carbons (Fsp3) is 0.565. The second-order valence-corrected chi connectivity index (χ2v) is 8.31. The smallest absolute Gasteiger partial charge is 0.191 e. The number of hydrogen-bond acceptors (Lipinski definition) is 3. The molecule has 0 bridgehead atoms. The number of para-hydroxylation sites is 1. The highest BCUT2D eigenvalue weighted by Crippen LogP contribution is 2.46. The molecule has 1 aliphatic heterocycles. The number of aryl methyl sites for hydroxylation is 2. The van der Waals surface area contributed by atoms with Gasteiger partial charge in [-0.25, -0.2) is 4.98 Å². The number of rotatable bonds is 6. The second kappa shape index (κ2) is 8.89. The van der Waals surface area contributed by atoms with Crippen molar-refractivity contribution in [1.82, 2.24) is 20.2 Å². The topological polar surface area (TPSA) is 63.5 Å². The number of nitrogens with one attached hydrogen (secondary N) is 2. The number of unbranched alkanes of at least 4 members (excludes halogenated alkanes) is 1. The first-order valence-corrected chi connectivity index (χ1v) is 10.9. The Morgan fingerprint density at radius 3 is 2.86 bits per heavy atom. The van der Waals surface area contributed by atoms with Crippen LogP contribution in [-0.4, -0.2) is 34.7 Å². The van der Waals surface area contributed by atoms with Crippen LogP contribution in [0.25, 0.3) is 0 Å². The van der Waals surface area contributed by atoms with Gasteiger partial charge in [-0.3, -0.25) is 4.99 Å². The van der Waals surface area contributed by atoms with Crippen molar-refractivity contribution in [3.63, 3.8) is 0 Å². The molecule has 2 aliphatic rings. The van der Waals surface area contributed by atoms with E-state index >= 15 is 0 Å². The summed E-state index contributed by atoms with van der Waals surface area (Å²) in [6, 6.07) is 8.68. The molecule has 29 heavy (non-hydrogen) atoms. The van der Waals surface area contributed by atoms with Gasteiger partial charge in [0.25, 0.3) is 0 Å². The van der Waals surface area contributed by atoms with Gasteiger partial charge < -0.3 is 19.9 Å². The SMILES string of the molecule is CN=C(NCCCCn1ccnc1C)NC1CC2(CCCC2)Oc2ccccc21. The van der Waals surface area contributed by atoms with Gasteiger partial charge in [0.15, 0.2) is 5.96 Å². The normalized spacial score (nSPS) is 20.3. The molecular weight excluding hydrogens is 362 g/mol. The Morgan fingerprint density at radius 1 is 1.28 bits per heavy atom. The quantitative estimate of drug-likeness (QED) is 0.441. The minimum absolute atomic E-state index is 0.00642. The average Bonchev–Trinajstić information content (AvgIpc) is 3.35. The van der Waals surface area contributed by atoms with E-state index in [0.717, 1.165) is 62.7 Å². The molecule has 1 fully saturated rings. The van der Waals surface area contributed by atoms with Crippen LogP contribution >= 0.6 is 0 Å². The Bertz CT molecular complexity index is 837. The molecule has 1 spiro atoms. The summed E-state index contributed by atoms with van der Waals surface area (Å²) in [4.78, 5) is 8.75. The van der Waals surface area contributed by atoms with Gasteiger partial charge in [-0.15, -0.1) is 0 Å². The van der Waals surface area contributed by atoms with Crippen molar-refractivity contribution in [2.45, 2.75) is 70.1 Å². The molecule has 2 heterocycles. The van der Waals surface area contributed by atoms with Crippen LogP contribution in [-0.2, 0) is 6.54 Å². The molecule has 2 aromatic rings. The van der Waals surface area contributed by atoms with Crippen LogP contribution in [0.3, 0.4) is 0 Å². The van der Waals surface area contributed by atoms with Gasteiger partial charge >= 0.3 is 0 Å². The molecule has 0 saturated heterocycles. The van der Waals surface area contributed by atoms with Gasteiger partial charge in [-0.1, -0.05) is 18.2 Å². The molecule has 1 aromatic carbocycles. The minimum atomic E-state index is -0.00642. The van der Waals surface area contributed by atoms with Crippen LogP contribution in [0.5, 0.6) is 5.75 Å². The number of guanidine groups is 1. The largest absolute Gasteiger partial charge is 0.487 e. The summed E-state index contributed by atoms with van der Waals surface area (Å²) in [6.45, 7) is 3.96. The van der Waals surface area contributed by atoms with Gasteiger partial charge in [0, 0.05) is 44.5 Å². The monoisotopic (exact) mass is 395 g/mol. The standard InChI is InChI=1S/C23H33N5O/c1-18-25-14-16-28(18)15-8-7-13-26-22(24-2)27-20-17-23(11-5-6-12-23)29-21-10-4-3-9-19(20)21/h3-4,9-10,14,16,20H,5-8,11-13,15,17H2,1-2H3,(H2,24,26,27). The van der Waals surface area contributed by atoms with Crippen LogP contribution < -0.4 is 15.4 Å². The predicted octanol–water partition coefficient (Wildman–Crippen LogP) is 3.97.